The van der Waals surface area contributed by atoms with E-state index in [1.54, 1.807) is 19.9 Å². The van der Waals surface area contributed by atoms with Crippen LogP contribution in [0.2, 0.25) is 0 Å². The van der Waals surface area contributed by atoms with Gasteiger partial charge < -0.3 is 5.11 Å². The van der Waals surface area contributed by atoms with Crippen LogP contribution in [0.4, 0.5) is 13.2 Å². The topological polar surface area (TPSA) is 20.2 Å². The van der Waals surface area contributed by atoms with Gasteiger partial charge in [0.2, 0.25) is 0 Å². The second-order valence-electron chi connectivity index (χ2n) is 3.89. The highest BCUT2D eigenvalue weighted by Gasteiger charge is 2.31. The summed E-state index contributed by atoms with van der Waals surface area (Å²) in [5, 5.41) is 9.59. The largest absolute Gasteiger partial charge is 0.416 e. The molecule has 0 amide bonds. The molecule has 0 aliphatic heterocycles. The van der Waals surface area contributed by atoms with E-state index in [1.807, 2.05) is 0 Å². The molecule has 1 rings (SSSR count). The Bertz CT molecular complexity index is 346. The second kappa shape index (κ2) is 4.87. The predicted molar refractivity (Wildman–Crippen MR) is 56.2 cm³/mol. The van der Waals surface area contributed by atoms with Gasteiger partial charge >= 0.3 is 6.18 Å². The van der Waals surface area contributed by atoms with Gasteiger partial charge in [-0.1, -0.05) is 32.0 Å². The van der Waals surface area contributed by atoms with E-state index in [4.69, 9.17) is 0 Å². The summed E-state index contributed by atoms with van der Waals surface area (Å²) in [6.07, 6.45) is -4.41. The highest BCUT2D eigenvalue weighted by atomic mass is 19.4. The highest BCUT2D eigenvalue weighted by molar-refractivity contribution is 5.28. The van der Waals surface area contributed by atoms with E-state index in [-0.39, 0.29) is 5.92 Å². The summed E-state index contributed by atoms with van der Waals surface area (Å²) in [7, 11) is 0. The monoisotopic (exact) mass is 232 g/mol. The summed E-state index contributed by atoms with van der Waals surface area (Å²) in [5.41, 5.74) is -0.149. The smallest absolute Gasteiger partial charge is 0.393 e. The van der Waals surface area contributed by atoms with E-state index in [1.165, 1.54) is 6.07 Å². The Kier molecular flexibility index (Phi) is 3.97. The van der Waals surface area contributed by atoms with Crippen molar-refractivity contribution in [2.24, 2.45) is 0 Å². The van der Waals surface area contributed by atoms with Gasteiger partial charge in [-0.25, -0.2) is 0 Å². The number of benzene rings is 1. The summed E-state index contributed by atoms with van der Waals surface area (Å²) in [6, 6.07) is 5.12. The van der Waals surface area contributed by atoms with E-state index in [0.717, 1.165) is 12.1 Å². The lowest BCUT2D eigenvalue weighted by atomic mass is 9.92. The fourth-order valence-electron chi connectivity index (χ4n) is 1.57. The van der Waals surface area contributed by atoms with Crippen molar-refractivity contribution in [3.05, 3.63) is 35.4 Å². The normalized spacial score (nSPS) is 15.9. The SMILES string of the molecule is CCC(O)C(C)c1cccc(C(F)(F)F)c1. The van der Waals surface area contributed by atoms with Gasteiger partial charge in [0.25, 0.3) is 0 Å². The Morgan fingerprint density at radius 3 is 2.44 bits per heavy atom. The van der Waals surface area contributed by atoms with E-state index in [0.29, 0.717) is 12.0 Å². The first kappa shape index (κ1) is 13.0. The standard InChI is InChI=1S/C12H15F3O/c1-3-11(16)8(2)9-5-4-6-10(7-9)12(13,14)15/h4-8,11,16H,3H2,1-2H3. The van der Waals surface area contributed by atoms with Crippen molar-refractivity contribution >= 4 is 0 Å². The average Bonchev–Trinajstić information content (AvgIpc) is 2.26. The maximum absolute atomic E-state index is 12.5. The Morgan fingerprint density at radius 1 is 1.31 bits per heavy atom. The number of rotatable bonds is 3. The van der Waals surface area contributed by atoms with Gasteiger partial charge in [-0.3, -0.25) is 0 Å². The van der Waals surface area contributed by atoms with Crippen molar-refractivity contribution in [3.8, 4) is 0 Å². The number of aliphatic hydroxyl groups excluding tert-OH is 1. The highest BCUT2D eigenvalue weighted by Crippen LogP contribution is 2.31. The first-order chi connectivity index (χ1) is 7.36. The van der Waals surface area contributed by atoms with Gasteiger partial charge in [0.05, 0.1) is 11.7 Å². The number of aliphatic hydroxyl groups is 1. The van der Waals surface area contributed by atoms with Crippen LogP contribution in [-0.2, 0) is 6.18 Å². The minimum atomic E-state index is -4.33. The van der Waals surface area contributed by atoms with Crippen LogP contribution in [0.3, 0.4) is 0 Å². The molecule has 0 aliphatic rings. The molecule has 0 bridgehead atoms. The molecule has 0 heterocycles. The zero-order valence-electron chi connectivity index (χ0n) is 9.25. The van der Waals surface area contributed by atoms with Crippen LogP contribution in [0.25, 0.3) is 0 Å². The van der Waals surface area contributed by atoms with Gasteiger partial charge in [0, 0.05) is 5.92 Å². The third-order valence-electron chi connectivity index (χ3n) is 2.74. The molecule has 0 aromatic heterocycles. The fraction of sp³-hybridized carbons (Fsp3) is 0.500. The van der Waals surface area contributed by atoms with Crippen molar-refractivity contribution in [2.75, 3.05) is 0 Å². The molecule has 4 heteroatoms. The van der Waals surface area contributed by atoms with E-state index < -0.39 is 17.8 Å². The van der Waals surface area contributed by atoms with E-state index in [9.17, 15) is 18.3 Å². The zero-order valence-corrected chi connectivity index (χ0v) is 9.25. The number of hydrogen-bond acceptors (Lipinski definition) is 1. The van der Waals surface area contributed by atoms with Crippen LogP contribution in [0.1, 0.15) is 37.3 Å². The first-order valence-corrected chi connectivity index (χ1v) is 5.21. The van der Waals surface area contributed by atoms with Gasteiger partial charge in [0.15, 0.2) is 0 Å². The van der Waals surface area contributed by atoms with Crippen LogP contribution in [0, 0.1) is 0 Å². The second-order valence-corrected chi connectivity index (χ2v) is 3.89. The minimum absolute atomic E-state index is 0.285. The third-order valence-corrected chi connectivity index (χ3v) is 2.74. The van der Waals surface area contributed by atoms with Gasteiger partial charge in [-0.05, 0) is 18.1 Å². The number of alkyl halides is 3. The molecule has 16 heavy (non-hydrogen) atoms. The van der Waals surface area contributed by atoms with Crippen LogP contribution >= 0.6 is 0 Å². The van der Waals surface area contributed by atoms with Crippen molar-refractivity contribution < 1.29 is 18.3 Å². The molecule has 2 unspecified atom stereocenters. The quantitative estimate of drug-likeness (QED) is 0.844. The molecule has 0 aliphatic carbocycles. The first-order valence-electron chi connectivity index (χ1n) is 5.21. The molecule has 0 spiro atoms. The fourth-order valence-corrected chi connectivity index (χ4v) is 1.57. The Labute approximate surface area is 92.9 Å². The molecule has 0 fully saturated rings. The minimum Gasteiger partial charge on any atom is -0.393 e. The van der Waals surface area contributed by atoms with Crippen LogP contribution < -0.4 is 0 Å². The number of halogens is 3. The number of hydrogen-bond donors (Lipinski definition) is 1. The molecular formula is C12H15F3O. The Balaban J connectivity index is 2.99. The summed E-state index contributed by atoms with van der Waals surface area (Å²) in [4.78, 5) is 0. The average molecular weight is 232 g/mol. The summed E-state index contributed by atoms with van der Waals surface area (Å²) in [5.74, 6) is -0.285. The van der Waals surface area contributed by atoms with E-state index >= 15 is 0 Å². The molecule has 1 aromatic carbocycles. The van der Waals surface area contributed by atoms with Crippen molar-refractivity contribution in [1.29, 1.82) is 0 Å². The molecule has 0 radical (unpaired) electrons. The van der Waals surface area contributed by atoms with Gasteiger partial charge in [0.1, 0.15) is 0 Å². The Morgan fingerprint density at radius 2 is 1.94 bits per heavy atom. The predicted octanol–water partition coefficient (Wildman–Crippen LogP) is 3.58. The Hall–Kier alpha value is -1.03. The summed E-state index contributed by atoms with van der Waals surface area (Å²) >= 11 is 0. The molecule has 0 saturated heterocycles. The molecule has 1 nitrogen and oxygen atoms in total. The van der Waals surface area contributed by atoms with Crippen molar-refractivity contribution in [3.63, 3.8) is 0 Å². The molecule has 0 saturated carbocycles. The van der Waals surface area contributed by atoms with Crippen LogP contribution in [0.5, 0.6) is 0 Å². The van der Waals surface area contributed by atoms with Crippen LogP contribution in [-0.4, -0.2) is 11.2 Å². The lowest BCUT2D eigenvalue weighted by Gasteiger charge is -2.18. The van der Waals surface area contributed by atoms with Crippen molar-refractivity contribution in [1.82, 2.24) is 0 Å². The molecule has 1 N–H and O–H groups in total. The summed E-state index contributed by atoms with van der Waals surface area (Å²) in [6.45, 7) is 3.53. The molecular weight excluding hydrogens is 217 g/mol. The third kappa shape index (κ3) is 2.98. The molecule has 2 atom stereocenters. The maximum atomic E-state index is 12.5. The molecule has 90 valence electrons. The van der Waals surface area contributed by atoms with Crippen molar-refractivity contribution in [2.45, 2.75) is 38.5 Å². The van der Waals surface area contributed by atoms with E-state index in [2.05, 4.69) is 0 Å². The van der Waals surface area contributed by atoms with Crippen LogP contribution in [0.15, 0.2) is 24.3 Å². The summed E-state index contributed by atoms with van der Waals surface area (Å²) < 4.78 is 37.4. The lowest BCUT2D eigenvalue weighted by molar-refractivity contribution is -0.137. The lowest BCUT2D eigenvalue weighted by Crippen LogP contribution is -2.15. The van der Waals surface area contributed by atoms with Gasteiger partial charge in [-0.15, -0.1) is 0 Å². The van der Waals surface area contributed by atoms with Gasteiger partial charge in [-0.2, -0.15) is 13.2 Å². The molecule has 1 aromatic rings. The maximum Gasteiger partial charge on any atom is 0.416 e. The zero-order chi connectivity index (χ0) is 12.3.